The van der Waals surface area contributed by atoms with Crippen LogP contribution >= 0.6 is 0 Å². The Bertz CT molecular complexity index is 643. The number of nitrogens with zero attached hydrogens (tertiary/aromatic N) is 4. The molecule has 0 radical (unpaired) electrons. The number of hydrogen-bond acceptors (Lipinski definition) is 5. The average molecular weight is 330 g/mol. The summed E-state index contributed by atoms with van der Waals surface area (Å²) in [6, 6.07) is 8.37. The highest BCUT2D eigenvalue weighted by molar-refractivity contribution is 5.34. The molecule has 6 nitrogen and oxygen atoms in total. The molecule has 1 atom stereocenters. The summed E-state index contributed by atoms with van der Waals surface area (Å²) >= 11 is 0. The summed E-state index contributed by atoms with van der Waals surface area (Å²) in [5, 5.41) is 8.28. The van der Waals surface area contributed by atoms with Crippen molar-refractivity contribution in [3.8, 4) is 5.75 Å². The van der Waals surface area contributed by atoms with E-state index in [2.05, 4.69) is 44.9 Å². The molecule has 0 bridgehead atoms. The van der Waals surface area contributed by atoms with Crippen molar-refractivity contribution >= 4 is 0 Å². The van der Waals surface area contributed by atoms with Crippen LogP contribution in [0.15, 0.2) is 30.6 Å². The number of methoxy groups -OCH3 is 1. The van der Waals surface area contributed by atoms with Gasteiger partial charge in [0.05, 0.1) is 19.8 Å². The monoisotopic (exact) mass is 330 g/mol. The van der Waals surface area contributed by atoms with E-state index in [0.29, 0.717) is 12.5 Å². The molecule has 6 heteroatoms. The lowest BCUT2D eigenvalue weighted by molar-refractivity contribution is 0.183. The van der Waals surface area contributed by atoms with Crippen LogP contribution in [-0.2, 0) is 24.2 Å². The van der Waals surface area contributed by atoms with Gasteiger partial charge in [0.1, 0.15) is 17.9 Å². The molecule has 2 aromatic rings. The lowest BCUT2D eigenvalue weighted by Gasteiger charge is -2.22. The first-order valence-corrected chi connectivity index (χ1v) is 8.51. The Kier molecular flexibility index (Phi) is 5.82. The van der Waals surface area contributed by atoms with Gasteiger partial charge in [0.25, 0.3) is 0 Å². The van der Waals surface area contributed by atoms with Crippen LogP contribution in [0.1, 0.15) is 17.8 Å². The molecule has 0 amide bonds. The van der Waals surface area contributed by atoms with Gasteiger partial charge in [0, 0.05) is 20.2 Å². The fourth-order valence-electron chi connectivity index (χ4n) is 3.24. The van der Waals surface area contributed by atoms with Crippen molar-refractivity contribution in [3.63, 3.8) is 0 Å². The first-order chi connectivity index (χ1) is 11.8. The van der Waals surface area contributed by atoms with E-state index in [0.717, 1.165) is 50.7 Å². The van der Waals surface area contributed by atoms with Crippen LogP contribution in [0.4, 0.5) is 0 Å². The smallest absolute Gasteiger partial charge is 0.147 e. The maximum absolute atomic E-state index is 5.87. The molecular weight excluding hydrogens is 304 g/mol. The maximum Gasteiger partial charge on any atom is 0.147 e. The molecule has 0 unspecified atom stereocenters. The summed E-state index contributed by atoms with van der Waals surface area (Å²) in [4.78, 5) is 2.33. The van der Waals surface area contributed by atoms with Crippen molar-refractivity contribution in [1.29, 1.82) is 0 Å². The number of fused-ring (bicyclic) bond motifs is 1. The van der Waals surface area contributed by atoms with E-state index in [-0.39, 0.29) is 0 Å². The summed E-state index contributed by atoms with van der Waals surface area (Å²) in [6.45, 7) is 4.07. The Morgan fingerprint density at radius 2 is 2.25 bits per heavy atom. The highest BCUT2D eigenvalue weighted by Gasteiger charge is 2.19. The van der Waals surface area contributed by atoms with Gasteiger partial charge in [0.2, 0.25) is 0 Å². The normalized spacial score (nSPS) is 17.4. The molecule has 1 aromatic heterocycles. The van der Waals surface area contributed by atoms with E-state index in [1.807, 2.05) is 6.07 Å². The van der Waals surface area contributed by atoms with Crippen molar-refractivity contribution < 1.29 is 9.47 Å². The standard InChI is InChI=1S/C18H26N4O2/c1-21(13-18-20-19-14-22(18)8-10-23-2)12-15-7-9-24-17-6-4-3-5-16(17)11-15/h3-6,14-15H,7-13H2,1-2H3/t15-/m1/s1. The van der Waals surface area contributed by atoms with Gasteiger partial charge in [0.15, 0.2) is 0 Å². The third kappa shape index (κ3) is 4.33. The zero-order chi connectivity index (χ0) is 16.8. The lowest BCUT2D eigenvalue weighted by atomic mass is 9.96. The van der Waals surface area contributed by atoms with Gasteiger partial charge in [-0.05, 0) is 37.4 Å². The molecule has 2 heterocycles. The van der Waals surface area contributed by atoms with Crippen molar-refractivity contribution in [2.24, 2.45) is 5.92 Å². The second kappa shape index (κ2) is 8.26. The van der Waals surface area contributed by atoms with E-state index in [9.17, 15) is 0 Å². The van der Waals surface area contributed by atoms with Crippen molar-refractivity contribution in [2.45, 2.75) is 25.9 Å². The van der Waals surface area contributed by atoms with Crippen LogP contribution in [0.3, 0.4) is 0 Å². The first-order valence-electron chi connectivity index (χ1n) is 8.51. The Balaban J connectivity index is 1.57. The number of ether oxygens (including phenoxy) is 2. The SMILES string of the molecule is COCCn1cnnc1CN(C)C[C@@H]1CCOc2ccccc2C1. The van der Waals surface area contributed by atoms with E-state index >= 15 is 0 Å². The molecule has 24 heavy (non-hydrogen) atoms. The number of benzene rings is 1. The number of para-hydroxylation sites is 1. The molecule has 0 N–H and O–H groups in total. The Hall–Kier alpha value is -1.92. The highest BCUT2D eigenvalue weighted by Crippen LogP contribution is 2.27. The van der Waals surface area contributed by atoms with Crippen LogP contribution in [0.25, 0.3) is 0 Å². The fraction of sp³-hybridized carbons (Fsp3) is 0.556. The van der Waals surface area contributed by atoms with Gasteiger partial charge in [-0.25, -0.2) is 0 Å². The Labute approximate surface area is 143 Å². The fourth-order valence-corrected chi connectivity index (χ4v) is 3.24. The van der Waals surface area contributed by atoms with Crippen LogP contribution in [0.5, 0.6) is 5.75 Å². The first kappa shape index (κ1) is 16.9. The summed E-state index contributed by atoms with van der Waals surface area (Å²) in [5.74, 6) is 2.62. The van der Waals surface area contributed by atoms with E-state index in [4.69, 9.17) is 9.47 Å². The maximum atomic E-state index is 5.87. The van der Waals surface area contributed by atoms with Crippen LogP contribution < -0.4 is 4.74 Å². The highest BCUT2D eigenvalue weighted by atomic mass is 16.5. The van der Waals surface area contributed by atoms with E-state index in [1.54, 1.807) is 13.4 Å². The molecule has 0 saturated carbocycles. The molecule has 130 valence electrons. The zero-order valence-corrected chi connectivity index (χ0v) is 14.5. The average Bonchev–Trinajstić information content (AvgIpc) is 2.90. The largest absolute Gasteiger partial charge is 0.493 e. The summed E-state index contributed by atoms with van der Waals surface area (Å²) < 4.78 is 13.1. The number of rotatable bonds is 7. The Morgan fingerprint density at radius 3 is 3.12 bits per heavy atom. The predicted octanol–water partition coefficient (Wildman–Crippen LogP) is 2.00. The van der Waals surface area contributed by atoms with Crippen molar-refractivity contribution in [1.82, 2.24) is 19.7 Å². The second-order valence-corrected chi connectivity index (χ2v) is 6.45. The third-order valence-corrected chi connectivity index (χ3v) is 4.48. The lowest BCUT2D eigenvalue weighted by Crippen LogP contribution is -2.28. The number of hydrogen-bond donors (Lipinski definition) is 0. The quantitative estimate of drug-likeness (QED) is 0.777. The van der Waals surface area contributed by atoms with Gasteiger partial charge in [-0.3, -0.25) is 4.90 Å². The van der Waals surface area contributed by atoms with Gasteiger partial charge in [-0.15, -0.1) is 10.2 Å². The zero-order valence-electron chi connectivity index (χ0n) is 14.5. The molecular formula is C18H26N4O2. The van der Waals surface area contributed by atoms with Crippen LogP contribution in [-0.4, -0.2) is 53.6 Å². The number of aromatic nitrogens is 3. The van der Waals surface area contributed by atoms with Crippen LogP contribution in [0.2, 0.25) is 0 Å². The topological polar surface area (TPSA) is 52.4 Å². The van der Waals surface area contributed by atoms with Crippen LogP contribution in [0, 0.1) is 5.92 Å². The molecule has 0 fully saturated rings. The molecule has 0 spiro atoms. The second-order valence-electron chi connectivity index (χ2n) is 6.45. The van der Waals surface area contributed by atoms with Crippen molar-refractivity contribution in [3.05, 3.63) is 42.0 Å². The molecule has 1 aliphatic heterocycles. The minimum absolute atomic E-state index is 0.592. The Morgan fingerprint density at radius 1 is 1.38 bits per heavy atom. The summed E-state index contributed by atoms with van der Waals surface area (Å²) in [6.07, 6.45) is 3.92. The molecule has 0 aliphatic carbocycles. The minimum atomic E-state index is 0.592. The van der Waals surface area contributed by atoms with Crippen molar-refractivity contribution in [2.75, 3.05) is 33.9 Å². The van der Waals surface area contributed by atoms with E-state index < -0.39 is 0 Å². The summed E-state index contributed by atoms with van der Waals surface area (Å²) in [5.41, 5.74) is 1.32. The van der Waals surface area contributed by atoms with E-state index in [1.165, 1.54) is 5.56 Å². The predicted molar refractivity (Wildman–Crippen MR) is 92.0 cm³/mol. The molecule has 1 aliphatic rings. The summed E-state index contributed by atoms with van der Waals surface area (Å²) in [7, 11) is 3.86. The third-order valence-electron chi connectivity index (χ3n) is 4.48. The minimum Gasteiger partial charge on any atom is -0.493 e. The molecule has 3 rings (SSSR count). The van der Waals surface area contributed by atoms with Gasteiger partial charge < -0.3 is 14.0 Å². The van der Waals surface area contributed by atoms with Gasteiger partial charge in [-0.1, -0.05) is 18.2 Å². The van der Waals surface area contributed by atoms with Gasteiger partial charge >= 0.3 is 0 Å². The van der Waals surface area contributed by atoms with Gasteiger partial charge in [-0.2, -0.15) is 0 Å². The molecule has 0 saturated heterocycles. The molecule has 1 aromatic carbocycles.